The monoisotopic (exact) mass is 404 g/mol. The second kappa shape index (κ2) is 8.49. The van der Waals surface area contributed by atoms with Crippen LogP contribution in [0.4, 0.5) is 10.8 Å². The van der Waals surface area contributed by atoms with Crippen LogP contribution in [-0.2, 0) is 6.61 Å². The van der Waals surface area contributed by atoms with Gasteiger partial charge in [0, 0.05) is 17.7 Å². The molecule has 1 heterocycles. The third-order valence-electron chi connectivity index (χ3n) is 4.12. The Morgan fingerprint density at radius 3 is 2.62 bits per heavy atom. The Balaban J connectivity index is 1.42. The Kier molecular flexibility index (Phi) is 5.44. The molecule has 7 nitrogen and oxygen atoms in total. The van der Waals surface area contributed by atoms with E-state index in [9.17, 15) is 10.1 Å². The molecule has 0 fully saturated rings. The molecule has 0 radical (unpaired) electrons. The van der Waals surface area contributed by atoms with Crippen molar-refractivity contribution in [2.75, 3.05) is 5.43 Å². The third-order valence-corrected chi connectivity index (χ3v) is 5.06. The largest absolute Gasteiger partial charge is 0.488 e. The lowest BCUT2D eigenvalue weighted by Gasteiger charge is -2.09. The number of para-hydroxylation sites is 2. The number of rotatable bonds is 7. The maximum atomic E-state index is 10.7. The molecule has 0 amide bonds. The first kappa shape index (κ1) is 18.6. The highest BCUT2D eigenvalue weighted by molar-refractivity contribution is 7.22. The highest BCUT2D eigenvalue weighted by Gasteiger charge is 2.06. The summed E-state index contributed by atoms with van der Waals surface area (Å²) in [7, 11) is 0. The lowest BCUT2D eigenvalue weighted by atomic mass is 10.2. The van der Waals surface area contributed by atoms with Gasteiger partial charge in [-0.2, -0.15) is 5.10 Å². The zero-order valence-corrected chi connectivity index (χ0v) is 16.0. The molecule has 3 aromatic carbocycles. The number of benzene rings is 3. The number of nitro groups is 1. The fraction of sp³-hybridized carbons (Fsp3) is 0.0476. The van der Waals surface area contributed by atoms with Gasteiger partial charge in [-0.15, -0.1) is 0 Å². The van der Waals surface area contributed by atoms with Gasteiger partial charge in [0.2, 0.25) is 5.13 Å². The first-order chi connectivity index (χ1) is 14.2. The van der Waals surface area contributed by atoms with Crippen molar-refractivity contribution in [1.82, 2.24) is 4.98 Å². The Hall–Kier alpha value is -3.78. The van der Waals surface area contributed by atoms with E-state index in [1.54, 1.807) is 18.3 Å². The normalized spacial score (nSPS) is 11.0. The van der Waals surface area contributed by atoms with Crippen molar-refractivity contribution in [2.24, 2.45) is 5.10 Å². The summed E-state index contributed by atoms with van der Waals surface area (Å²) in [5.41, 5.74) is 5.60. The van der Waals surface area contributed by atoms with E-state index >= 15 is 0 Å². The van der Waals surface area contributed by atoms with Crippen LogP contribution in [0.15, 0.2) is 77.9 Å². The van der Waals surface area contributed by atoms with Gasteiger partial charge in [-0.3, -0.25) is 15.5 Å². The van der Waals surface area contributed by atoms with Crippen LogP contribution in [0.25, 0.3) is 10.2 Å². The van der Waals surface area contributed by atoms with Gasteiger partial charge in [0.1, 0.15) is 12.4 Å². The minimum Gasteiger partial charge on any atom is -0.488 e. The van der Waals surface area contributed by atoms with Crippen LogP contribution < -0.4 is 10.2 Å². The fourth-order valence-corrected chi connectivity index (χ4v) is 3.49. The predicted octanol–water partition coefficient (Wildman–Crippen LogP) is 5.23. The third kappa shape index (κ3) is 4.56. The number of hydrazone groups is 1. The molecule has 8 heteroatoms. The molecule has 0 aliphatic rings. The van der Waals surface area contributed by atoms with Crippen LogP contribution in [0.1, 0.15) is 11.1 Å². The van der Waals surface area contributed by atoms with Crippen LogP contribution in [0.5, 0.6) is 5.75 Å². The molecule has 4 aromatic rings. The number of nitro benzene ring substituents is 1. The number of nitrogens with zero attached hydrogens (tertiary/aromatic N) is 3. The SMILES string of the molecule is O=[N+]([O-])c1ccc(COc2ccccc2C=NNc2nc3ccccc3s2)cc1. The predicted molar refractivity (Wildman–Crippen MR) is 115 cm³/mol. The van der Waals surface area contributed by atoms with Gasteiger partial charge < -0.3 is 4.74 Å². The Morgan fingerprint density at radius 1 is 1.07 bits per heavy atom. The van der Waals surface area contributed by atoms with E-state index in [4.69, 9.17) is 4.74 Å². The summed E-state index contributed by atoms with van der Waals surface area (Å²) >= 11 is 1.53. The highest BCUT2D eigenvalue weighted by atomic mass is 32.1. The second-order valence-electron chi connectivity index (χ2n) is 6.11. The van der Waals surface area contributed by atoms with Crippen molar-refractivity contribution in [3.05, 3.63) is 94.0 Å². The topological polar surface area (TPSA) is 89.7 Å². The molecule has 144 valence electrons. The van der Waals surface area contributed by atoms with E-state index in [1.807, 2.05) is 48.5 Å². The van der Waals surface area contributed by atoms with Crippen molar-refractivity contribution in [2.45, 2.75) is 6.61 Å². The summed E-state index contributed by atoms with van der Waals surface area (Å²) in [5, 5.41) is 15.7. The number of non-ortho nitro benzene ring substituents is 1. The van der Waals surface area contributed by atoms with Crippen LogP contribution in [0.3, 0.4) is 0 Å². The highest BCUT2D eigenvalue weighted by Crippen LogP contribution is 2.25. The number of fused-ring (bicyclic) bond motifs is 1. The average molecular weight is 404 g/mol. The number of ether oxygens (including phenoxy) is 1. The van der Waals surface area contributed by atoms with E-state index in [2.05, 4.69) is 15.5 Å². The molecule has 0 aliphatic carbocycles. The molecule has 29 heavy (non-hydrogen) atoms. The number of hydrogen-bond acceptors (Lipinski definition) is 7. The van der Waals surface area contributed by atoms with E-state index in [1.165, 1.54) is 23.5 Å². The minimum absolute atomic E-state index is 0.0576. The molecule has 0 bridgehead atoms. The first-order valence-electron chi connectivity index (χ1n) is 8.79. The van der Waals surface area contributed by atoms with Gasteiger partial charge in [0.05, 0.1) is 21.4 Å². The molecule has 0 atom stereocenters. The van der Waals surface area contributed by atoms with Crippen LogP contribution in [0.2, 0.25) is 0 Å². The standard InChI is InChI=1S/C21H16N4O3S/c26-25(27)17-11-9-15(10-12-17)14-28-19-7-3-1-5-16(19)13-22-24-21-23-18-6-2-4-8-20(18)29-21/h1-13H,14H2,(H,23,24). The molecule has 0 saturated heterocycles. The number of hydrogen-bond donors (Lipinski definition) is 1. The molecular weight excluding hydrogens is 388 g/mol. The van der Waals surface area contributed by atoms with Crippen LogP contribution in [-0.4, -0.2) is 16.1 Å². The Morgan fingerprint density at radius 2 is 1.83 bits per heavy atom. The van der Waals surface area contributed by atoms with Crippen molar-refractivity contribution >= 4 is 38.6 Å². The zero-order chi connectivity index (χ0) is 20.1. The Labute approximate surface area is 170 Å². The summed E-state index contributed by atoms with van der Waals surface area (Å²) in [4.78, 5) is 14.8. The number of anilines is 1. The van der Waals surface area contributed by atoms with Gasteiger partial charge in [-0.25, -0.2) is 4.98 Å². The summed E-state index contributed by atoms with van der Waals surface area (Å²) in [6, 6.07) is 21.7. The molecule has 0 saturated carbocycles. The number of aromatic nitrogens is 1. The van der Waals surface area contributed by atoms with Gasteiger partial charge >= 0.3 is 0 Å². The summed E-state index contributed by atoms with van der Waals surface area (Å²) < 4.78 is 6.97. The maximum Gasteiger partial charge on any atom is 0.269 e. The average Bonchev–Trinajstić information content (AvgIpc) is 3.16. The van der Waals surface area contributed by atoms with E-state index < -0.39 is 4.92 Å². The lowest BCUT2D eigenvalue weighted by molar-refractivity contribution is -0.384. The minimum atomic E-state index is -0.422. The Bertz CT molecular complexity index is 1140. The smallest absolute Gasteiger partial charge is 0.269 e. The van der Waals surface area contributed by atoms with Gasteiger partial charge in [-0.1, -0.05) is 35.6 Å². The van der Waals surface area contributed by atoms with Crippen molar-refractivity contribution < 1.29 is 9.66 Å². The van der Waals surface area contributed by atoms with Gasteiger partial charge in [0.25, 0.3) is 5.69 Å². The molecule has 1 N–H and O–H groups in total. The molecule has 0 unspecified atom stereocenters. The molecular formula is C21H16N4O3S. The second-order valence-corrected chi connectivity index (χ2v) is 7.14. The van der Waals surface area contributed by atoms with Crippen molar-refractivity contribution in [3.63, 3.8) is 0 Å². The van der Waals surface area contributed by atoms with Crippen molar-refractivity contribution in [1.29, 1.82) is 0 Å². The molecule has 4 rings (SSSR count). The summed E-state index contributed by atoms with van der Waals surface area (Å²) in [6.45, 7) is 0.300. The van der Waals surface area contributed by atoms with E-state index in [0.29, 0.717) is 17.5 Å². The molecule has 0 spiro atoms. The van der Waals surface area contributed by atoms with E-state index in [0.717, 1.165) is 21.3 Å². The number of nitrogens with one attached hydrogen (secondary N) is 1. The quantitative estimate of drug-likeness (QED) is 0.259. The number of thiazole rings is 1. The van der Waals surface area contributed by atoms with E-state index in [-0.39, 0.29) is 5.69 Å². The zero-order valence-electron chi connectivity index (χ0n) is 15.2. The lowest BCUT2D eigenvalue weighted by Crippen LogP contribution is -1.99. The molecule has 0 aliphatic heterocycles. The summed E-state index contributed by atoms with van der Waals surface area (Å²) in [5.74, 6) is 0.667. The van der Waals surface area contributed by atoms with Gasteiger partial charge in [0.15, 0.2) is 0 Å². The van der Waals surface area contributed by atoms with Crippen LogP contribution >= 0.6 is 11.3 Å². The van der Waals surface area contributed by atoms with Crippen molar-refractivity contribution in [3.8, 4) is 5.75 Å². The first-order valence-corrected chi connectivity index (χ1v) is 9.60. The maximum absolute atomic E-state index is 10.7. The molecule has 1 aromatic heterocycles. The summed E-state index contributed by atoms with van der Waals surface area (Å²) in [6.07, 6.45) is 1.68. The van der Waals surface area contributed by atoms with Gasteiger partial charge in [-0.05, 0) is 42.0 Å². The fourth-order valence-electron chi connectivity index (χ4n) is 2.67. The van der Waals surface area contributed by atoms with Crippen LogP contribution in [0, 0.1) is 10.1 Å².